The Labute approximate surface area is 113 Å². The molecule has 1 N–H and O–H groups in total. The van der Waals surface area contributed by atoms with Crippen LogP contribution in [0.4, 0.5) is 0 Å². The zero-order valence-electron chi connectivity index (χ0n) is 11.4. The van der Waals surface area contributed by atoms with Gasteiger partial charge in [-0.1, -0.05) is 32.4 Å². The highest BCUT2D eigenvalue weighted by molar-refractivity contribution is 6.31. The van der Waals surface area contributed by atoms with Gasteiger partial charge in [0.25, 0.3) is 0 Å². The molecule has 1 unspecified atom stereocenters. The summed E-state index contributed by atoms with van der Waals surface area (Å²) < 4.78 is 1.71. The highest BCUT2D eigenvalue weighted by Crippen LogP contribution is 2.25. The molecular weight excluding hydrogens is 252 g/mol. The molecule has 18 heavy (non-hydrogen) atoms. The second kappa shape index (κ2) is 6.23. The van der Waals surface area contributed by atoms with Gasteiger partial charge >= 0.3 is 5.97 Å². The number of aryl methyl sites for hydroxylation is 2. The number of nitrogens with zero attached hydrogens (tertiary/aromatic N) is 2. The number of carbonyl (C=O) groups is 1. The Morgan fingerprint density at radius 1 is 1.50 bits per heavy atom. The molecule has 0 aliphatic rings. The molecule has 0 fully saturated rings. The molecule has 0 radical (unpaired) electrons. The Balaban J connectivity index is 2.93. The van der Waals surface area contributed by atoms with E-state index in [2.05, 4.69) is 5.10 Å². The molecule has 1 rings (SSSR count). The van der Waals surface area contributed by atoms with E-state index in [1.54, 1.807) is 4.68 Å². The molecule has 0 amide bonds. The van der Waals surface area contributed by atoms with Crippen molar-refractivity contribution in [3.8, 4) is 0 Å². The molecule has 1 aromatic heterocycles. The molecular formula is C13H21ClN2O2. The summed E-state index contributed by atoms with van der Waals surface area (Å²) in [6, 6.07) is 0. The number of halogens is 1. The Kier molecular flexibility index (Phi) is 5.20. The number of aliphatic carboxylic acids is 1. The van der Waals surface area contributed by atoms with Gasteiger partial charge in [-0.05, 0) is 18.8 Å². The lowest BCUT2D eigenvalue weighted by molar-refractivity contribution is -0.142. The summed E-state index contributed by atoms with van der Waals surface area (Å²) in [4.78, 5) is 11.3. The van der Waals surface area contributed by atoms with Crippen LogP contribution in [0.3, 0.4) is 0 Å². The summed E-state index contributed by atoms with van der Waals surface area (Å²) in [5.74, 6) is -0.814. The highest BCUT2D eigenvalue weighted by Gasteiger charge is 2.23. The average molecular weight is 273 g/mol. The lowest BCUT2D eigenvalue weighted by Gasteiger charge is -2.14. The van der Waals surface area contributed by atoms with Gasteiger partial charge in [-0.25, -0.2) is 0 Å². The van der Waals surface area contributed by atoms with Crippen LogP contribution in [0.15, 0.2) is 0 Å². The SMILES string of the molecule is CCc1nn(C)c(CC(CC(C)C)C(=O)O)c1Cl. The summed E-state index contributed by atoms with van der Waals surface area (Å²) in [5.41, 5.74) is 1.66. The van der Waals surface area contributed by atoms with Gasteiger partial charge in [-0.2, -0.15) is 5.10 Å². The zero-order chi connectivity index (χ0) is 13.9. The van der Waals surface area contributed by atoms with Crippen molar-refractivity contribution in [1.82, 2.24) is 9.78 Å². The molecule has 1 heterocycles. The van der Waals surface area contributed by atoms with Crippen LogP contribution in [-0.2, 0) is 24.7 Å². The van der Waals surface area contributed by atoms with Crippen LogP contribution in [0.2, 0.25) is 5.02 Å². The molecule has 0 aliphatic carbocycles. The van der Waals surface area contributed by atoms with Crippen LogP contribution < -0.4 is 0 Å². The third kappa shape index (κ3) is 3.48. The molecule has 1 aromatic rings. The number of rotatable bonds is 6. The minimum atomic E-state index is -0.765. The summed E-state index contributed by atoms with van der Waals surface area (Å²) in [6.07, 6.45) is 1.85. The van der Waals surface area contributed by atoms with Crippen LogP contribution in [0.25, 0.3) is 0 Å². The summed E-state index contributed by atoms with van der Waals surface area (Å²) in [6.45, 7) is 6.04. The van der Waals surface area contributed by atoms with Crippen molar-refractivity contribution in [1.29, 1.82) is 0 Å². The van der Waals surface area contributed by atoms with Crippen LogP contribution in [-0.4, -0.2) is 20.9 Å². The predicted octanol–water partition coefficient (Wildman–Crippen LogP) is 2.93. The molecule has 0 aromatic carbocycles. The van der Waals surface area contributed by atoms with E-state index in [4.69, 9.17) is 11.6 Å². The molecule has 102 valence electrons. The van der Waals surface area contributed by atoms with Gasteiger partial charge in [0.2, 0.25) is 0 Å². The fourth-order valence-electron chi connectivity index (χ4n) is 2.12. The minimum absolute atomic E-state index is 0.351. The average Bonchev–Trinajstić information content (AvgIpc) is 2.54. The van der Waals surface area contributed by atoms with Crippen molar-refractivity contribution < 1.29 is 9.90 Å². The van der Waals surface area contributed by atoms with Crippen LogP contribution >= 0.6 is 11.6 Å². The smallest absolute Gasteiger partial charge is 0.306 e. The molecule has 5 heteroatoms. The Bertz CT molecular complexity index is 427. The normalized spacial score (nSPS) is 13.0. The Morgan fingerprint density at radius 2 is 2.11 bits per heavy atom. The lowest BCUT2D eigenvalue weighted by atomic mass is 9.93. The van der Waals surface area contributed by atoms with Gasteiger partial charge in [0.15, 0.2) is 0 Å². The Hall–Kier alpha value is -1.03. The first-order valence-corrected chi connectivity index (χ1v) is 6.67. The zero-order valence-corrected chi connectivity index (χ0v) is 12.2. The first kappa shape index (κ1) is 15.0. The number of aromatic nitrogens is 2. The fraction of sp³-hybridized carbons (Fsp3) is 0.692. The molecule has 0 saturated heterocycles. The number of carboxylic acid groups (broad SMARTS) is 1. The van der Waals surface area contributed by atoms with E-state index in [-0.39, 0.29) is 0 Å². The minimum Gasteiger partial charge on any atom is -0.481 e. The van der Waals surface area contributed by atoms with E-state index < -0.39 is 11.9 Å². The van der Waals surface area contributed by atoms with Gasteiger partial charge in [0.1, 0.15) is 0 Å². The van der Waals surface area contributed by atoms with Crippen molar-refractivity contribution in [3.63, 3.8) is 0 Å². The largest absolute Gasteiger partial charge is 0.481 e. The lowest BCUT2D eigenvalue weighted by Crippen LogP contribution is -2.20. The van der Waals surface area contributed by atoms with Gasteiger partial charge in [0, 0.05) is 13.5 Å². The number of carboxylic acids is 1. The van der Waals surface area contributed by atoms with Crippen LogP contribution in [0.5, 0.6) is 0 Å². The molecule has 4 nitrogen and oxygen atoms in total. The predicted molar refractivity (Wildman–Crippen MR) is 71.9 cm³/mol. The molecule has 0 saturated carbocycles. The van der Waals surface area contributed by atoms with E-state index >= 15 is 0 Å². The topological polar surface area (TPSA) is 55.1 Å². The first-order valence-electron chi connectivity index (χ1n) is 6.29. The molecule has 0 bridgehead atoms. The van der Waals surface area contributed by atoms with Crippen molar-refractivity contribution >= 4 is 17.6 Å². The second-order valence-corrected chi connectivity index (χ2v) is 5.43. The van der Waals surface area contributed by atoms with Crippen molar-refractivity contribution in [2.24, 2.45) is 18.9 Å². The molecule has 0 aliphatic heterocycles. The molecule has 0 spiro atoms. The van der Waals surface area contributed by atoms with E-state index in [0.717, 1.165) is 17.8 Å². The fourth-order valence-corrected chi connectivity index (χ4v) is 2.49. The second-order valence-electron chi connectivity index (χ2n) is 5.05. The maximum absolute atomic E-state index is 11.3. The van der Waals surface area contributed by atoms with Gasteiger partial charge < -0.3 is 5.11 Å². The van der Waals surface area contributed by atoms with Crippen molar-refractivity contribution in [2.75, 3.05) is 0 Å². The first-order chi connectivity index (χ1) is 8.36. The summed E-state index contributed by atoms with van der Waals surface area (Å²) in [5, 5.41) is 14.2. The summed E-state index contributed by atoms with van der Waals surface area (Å²) in [7, 11) is 1.81. The maximum atomic E-state index is 11.3. The van der Waals surface area contributed by atoms with E-state index in [0.29, 0.717) is 23.8 Å². The summed E-state index contributed by atoms with van der Waals surface area (Å²) >= 11 is 6.24. The van der Waals surface area contributed by atoms with Crippen LogP contribution in [0, 0.1) is 11.8 Å². The highest BCUT2D eigenvalue weighted by atomic mass is 35.5. The third-order valence-electron chi connectivity index (χ3n) is 3.05. The number of hydrogen-bond donors (Lipinski definition) is 1. The van der Waals surface area contributed by atoms with Gasteiger partial charge in [-0.15, -0.1) is 0 Å². The third-order valence-corrected chi connectivity index (χ3v) is 3.48. The van der Waals surface area contributed by atoms with Crippen molar-refractivity contribution in [2.45, 2.75) is 40.0 Å². The monoisotopic (exact) mass is 272 g/mol. The number of hydrogen-bond acceptors (Lipinski definition) is 2. The van der Waals surface area contributed by atoms with E-state index in [1.165, 1.54) is 0 Å². The van der Waals surface area contributed by atoms with E-state index in [1.807, 2.05) is 27.8 Å². The van der Waals surface area contributed by atoms with E-state index in [9.17, 15) is 9.90 Å². The van der Waals surface area contributed by atoms with Gasteiger partial charge in [0.05, 0.1) is 22.3 Å². The quantitative estimate of drug-likeness (QED) is 0.866. The van der Waals surface area contributed by atoms with Gasteiger partial charge in [-0.3, -0.25) is 9.48 Å². The molecule has 1 atom stereocenters. The standard InChI is InChI=1S/C13H21ClN2O2/c1-5-10-12(14)11(16(4)15-10)7-9(13(17)18)6-8(2)3/h8-9H,5-7H2,1-4H3,(H,17,18). The van der Waals surface area contributed by atoms with Crippen LogP contribution in [0.1, 0.15) is 38.6 Å². The maximum Gasteiger partial charge on any atom is 0.306 e. The van der Waals surface area contributed by atoms with Crippen molar-refractivity contribution in [3.05, 3.63) is 16.4 Å². The Morgan fingerprint density at radius 3 is 2.50 bits per heavy atom.